The van der Waals surface area contributed by atoms with Gasteiger partial charge in [0.1, 0.15) is 23.9 Å². The van der Waals surface area contributed by atoms with Crippen LogP contribution in [0.1, 0.15) is 17.3 Å². The molecule has 1 N–H and O–H groups in total. The monoisotopic (exact) mass is 374 g/mol. The molecule has 7 heteroatoms. The van der Waals surface area contributed by atoms with Crippen LogP contribution in [-0.2, 0) is 4.79 Å². The first-order chi connectivity index (χ1) is 13.0. The molecule has 27 heavy (non-hydrogen) atoms. The summed E-state index contributed by atoms with van der Waals surface area (Å²) in [5.41, 5.74) is 0.369. The predicted molar refractivity (Wildman–Crippen MR) is 99.5 cm³/mol. The maximum atomic E-state index is 12.9. The van der Waals surface area contributed by atoms with Gasteiger partial charge in [-0.1, -0.05) is 0 Å². The second-order valence-electron chi connectivity index (χ2n) is 5.79. The molecule has 2 rings (SSSR count). The lowest BCUT2D eigenvalue weighted by Crippen LogP contribution is -2.39. The van der Waals surface area contributed by atoms with E-state index in [4.69, 9.17) is 9.47 Å². The summed E-state index contributed by atoms with van der Waals surface area (Å²) in [4.78, 5) is 25.3. The van der Waals surface area contributed by atoms with Crippen LogP contribution in [0.2, 0.25) is 0 Å². The number of benzene rings is 2. The highest BCUT2D eigenvalue weighted by Gasteiger charge is 2.10. The van der Waals surface area contributed by atoms with Crippen LogP contribution in [0.4, 0.5) is 4.39 Å². The van der Waals surface area contributed by atoms with E-state index in [1.807, 2.05) is 0 Å². The van der Waals surface area contributed by atoms with Gasteiger partial charge in [0.05, 0.1) is 13.7 Å². The molecule has 2 amide bonds. The van der Waals surface area contributed by atoms with Crippen LogP contribution in [0, 0.1) is 5.82 Å². The van der Waals surface area contributed by atoms with Crippen molar-refractivity contribution in [3.63, 3.8) is 0 Å². The van der Waals surface area contributed by atoms with Crippen molar-refractivity contribution < 1.29 is 23.5 Å². The molecule has 144 valence electrons. The van der Waals surface area contributed by atoms with Crippen molar-refractivity contribution in [1.82, 2.24) is 10.2 Å². The molecule has 0 saturated heterocycles. The average molecular weight is 374 g/mol. The molecule has 0 aliphatic rings. The van der Waals surface area contributed by atoms with E-state index in [0.717, 1.165) is 5.75 Å². The minimum atomic E-state index is -0.397. The fourth-order valence-electron chi connectivity index (χ4n) is 2.38. The summed E-state index contributed by atoms with van der Waals surface area (Å²) >= 11 is 0. The van der Waals surface area contributed by atoms with E-state index in [1.54, 1.807) is 36.3 Å². The van der Waals surface area contributed by atoms with Crippen LogP contribution in [-0.4, -0.2) is 50.1 Å². The SMILES string of the molecule is COc1ccc(OCCN(CCNC(=O)c2ccc(F)cc2)C(C)=O)cc1. The molecular formula is C20H23FN2O4. The van der Waals surface area contributed by atoms with Gasteiger partial charge in [0.2, 0.25) is 5.91 Å². The van der Waals surface area contributed by atoms with E-state index in [9.17, 15) is 14.0 Å². The lowest BCUT2D eigenvalue weighted by atomic mass is 10.2. The summed E-state index contributed by atoms with van der Waals surface area (Å²) < 4.78 is 23.6. The number of ether oxygens (including phenoxy) is 2. The highest BCUT2D eigenvalue weighted by atomic mass is 19.1. The fraction of sp³-hybridized carbons (Fsp3) is 0.300. The molecule has 2 aromatic rings. The Morgan fingerprint density at radius 2 is 1.63 bits per heavy atom. The molecular weight excluding hydrogens is 351 g/mol. The van der Waals surface area contributed by atoms with Gasteiger partial charge in [0, 0.05) is 25.6 Å². The van der Waals surface area contributed by atoms with Crippen LogP contribution in [0.25, 0.3) is 0 Å². The Morgan fingerprint density at radius 3 is 2.22 bits per heavy atom. The molecule has 0 aliphatic heterocycles. The minimum absolute atomic E-state index is 0.107. The maximum absolute atomic E-state index is 12.9. The third-order valence-electron chi connectivity index (χ3n) is 3.91. The van der Waals surface area contributed by atoms with Crippen molar-refractivity contribution in [2.24, 2.45) is 0 Å². The molecule has 0 aliphatic carbocycles. The van der Waals surface area contributed by atoms with Crippen molar-refractivity contribution in [2.75, 3.05) is 33.4 Å². The molecule has 0 aromatic heterocycles. The standard InChI is InChI=1S/C20H23FN2O4/c1-15(24)23(13-14-27-19-9-7-18(26-2)8-10-19)12-11-22-20(25)16-3-5-17(21)6-4-16/h3-10H,11-14H2,1-2H3,(H,22,25). The van der Waals surface area contributed by atoms with Crippen LogP contribution in [0.5, 0.6) is 11.5 Å². The summed E-state index contributed by atoms with van der Waals surface area (Å²) in [6, 6.07) is 12.5. The van der Waals surface area contributed by atoms with Crippen molar-refractivity contribution in [3.05, 3.63) is 59.9 Å². The van der Waals surface area contributed by atoms with E-state index < -0.39 is 5.82 Å². The number of nitrogens with one attached hydrogen (secondary N) is 1. The number of hydrogen-bond donors (Lipinski definition) is 1. The van der Waals surface area contributed by atoms with Gasteiger partial charge in [-0.3, -0.25) is 9.59 Å². The summed E-state index contributed by atoms with van der Waals surface area (Å²) in [7, 11) is 1.59. The number of amides is 2. The first kappa shape index (κ1) is 20.2. The van der Waals surface area contributed by atoms with E-state index in [-0.39, 0.29) is 11.8 Å². The van der Waals surface area contributed by atoms with Gasteiger partial charge in [-0.2, -0.15) is 0 Å². The Bertz CT molecular complexity index is 748. The van der Waals surface area contributed by atoms with E-state index in [0.29, 0.717) is 37.6 Å². The summed E-state index contributed by atoms with van der Waals surface area (Å²) in [5, 5.41) is 2.71. The molecule has 0 heterocycles. The third-order valence-corrected chi connectivity index (χ3v) is 3.91. The number of carbonyl (C=O) groups is 2. The zero-order valence-corrected chi connectivity index (χ0v) is 15.4. The fourth-order valence-corrected chi connectivity index (χ4v) is 2.38. The summed E-state index contributed by atoms with van der Waals surface area (Å²) in [6.45, 7) is 2.84. The second-order valence-corrected chi connectivity index (χ2v) is 5.79. The largest absolute Gasteiger partial charge is 0.497 e. The topological polar surface area (TPSA) is 67.9 Å². The normalized spacial score (nSPS) is 10.2. The number of carbonyl (C=O) groups excluding carboxylic acids is 2. The number of methoxy groups -OCH3 is 1. The number of hydrogen-bond acceptors (Lipinski definition) is 4. The van der Waals surface area contributed by atoms with Gasteiger partial charge in [0.15, 0.2) is 0 Å². The highest BCUT2D eigenvalue weighted by Crippen LogP contribution is 2.16. The average Bonchev–Trinajstić information content (AvgIpc) is 2.67. The second kappa shape index (κ2) is 10.2. The number of rotatable bonds is 9. The van der Waals surface area contributed by atoms with Crippen molar-refractivity contribution in [3.8, 4) is 11.5 Å². The van der Waals surface area contributed by atoms with Gasteiger partial charge >= 0.3 is 0 Å². The van der Waals surface area contributed by atoms with Gasteiger partial charge < -0.3 is 19.7 Å². The van der Waals surface area contributed by atoms with Gasteiger partial charge in [-0.05, 0) is 48.5 Å². The van der Waals surface area contributed by atoms with Crippen LogP contribution < -0.4 is 14.8 Å². The Labute approximate surface area is 157 Å². The Kier molecular flexibility index (Phi) is 7.61. The minimum Gasteiger partial charge on any atom is -0.497 e. The maximum Gasteiger partial charge on any atom is 0.251 e. The van der Waals surface area contributed by atoms with Crippen LogP contribution in [0.15, 0.2) is 48.5 Å². The molecule has 0 saturated carbocycles. The smallest absolute Gasteiger partial charge is 0.251 e. The predicted octanol–water partition coefficient (Wildman–Crippen LogP) is 2.49. The molecule has 0 atom stereocenters. The zero-order chi connectivity index (χ0) is 19.6. The van der Waals surface area contributed by atoms with E-state index in [2.05, 4.69) is 5.32 Å². The van der Waals surface area contributed by atoms with Crippen LogP contribution >= 0.6 is 0 Å². The van der Waals surface area contributed by atoms with Crippen LogP contribution in [0.3, 0.4) is 0 Å². The lowest BCUT2D eigenvalue weighted by molar-refractivity contribution is -0.129. The van der Waals surface area contributed by atoms with Gasteiger partial charge in [-0.25, -0.2) is 4.39 Å². The first-order valence-corrected chi connectivity index (χ1v) is 8.55. The highest BCUT2D eigenvalue weighted by molar-refractivity contribution is 5.94. The first-order valence-electron chi connectivity index (χ1n) is 8.55. The molecule has 0 spiro atoms. The lowest BCUT2D eigenvalue weighted by Gasteiger charge is -2.21. The van der Waals surface area contributed by atoms with Gasteiger partial charge in [-0.15, -0.1) is 0 Å². The molecule has 6 nitrogen and oxygen atoms in total. The molecule has 0 radical (unpaired) electrons. The molecule has 2 aromatic carbocycles. The molecule has 0 bridgehead atoms. The Morgan fingerprint density at radius 1 is 1.00 bits per heavy atom. The zero-order valence-electron chi connectivity index (χ0n) is 15.4. The summed E-state index contributed by atoms with van der Waals surface area (Å²) in [5.74, 6) is 0.608. The Balaban J connectivity index is 1.75. The third kappa shape index (κ3) is 6.62. The van der Waals surface area contributed by atoms with Crippen molar-refractivity contribution >= 4 is 11.8 Å². The quantitative estimate of drug-likeness (QED) is 0.732. The summed E-state index contributed by atoms with van der Waals surface area (Å²) in [6.07, 6.45) is 0. The molecule has 0 fully saturated rings. The van der Waals surface area contributed by atoms with Gasteiger partial charge in [0.25, 0.3) is 5.91 Å². The number of halogens is 1. The molecule has 0 unspecified atom stereocenters. The van der Waals surface area contributed by atoms with Crippen molar-refractivity contribution in [1.29, 1.82) is 0 Å². The van der Waals surface area contributed by atoms with E-state index >= 15 is 0 Å². The van der Waals surface area contributed by atoms with E-state index in [1.165, 1.54) is 31.2 Å². The Hall–Kier alpha value is -3.09. The van der Waals surface area contributed by atoms with Crippen molar-refractivity contribution in [2.45, 2.75) is 6.92 Å². The number of nitrogens with zero attached hydrogens (tertiary/aromatic N) is 1.